The van der Waals surface area contributed by atoms with Crippen LogP contribution in [0.4, 0.5) is 0 Å². The number of carboxylic acid groups (broad SMARTS) is 1. The first-order chi connectivity index (χ1) is 11.6. The predicted molar refractivity (Wildman–Crippen MR) is 95.7 cm³/mol. The van der Waals surface area contributed by atoms with Gasteiger partial charge < -0.3 is 10.2 Å². The summed E-state index contributed by atoms with van der Waals surface area (Å²) in [6.45, 7) is 2.20. The molecule has 24 heavy (non-hydrogen) atoms. The number of carbonyl (C=O) groups excluding carboxylic acids is 1. The standard InChI is InChI=1S/C20H30O4/c1-2-3-4-5-6-8-11-16-14-15-18(21)17(16)12-9-7-10-13-19(22)20(23)24/h7-9,11,14-17,19,22H,2-6,10,12-13H2,1H3,(H,23,24)/b9-7-,11-8?/t16-,17+,19?/m0/s1. The number of carboxylic acids is 1. The molecule has 2 N–H and O–H groups in total. The maximum atomic E-state index is 11.9. The lowest BCUT2D eigenvalue weighted by Crippen LogP contribution is -2.18. The maximum Gasteiger partial charge on any atom is 0.332 e. The van der Waals surface area contributed by atoms with Gasteiger partial charge >= 0.3 is 5.97 Å². The summed E-state index contributed by atoms with van der Waals surface area (Å²) in [7, 11) is 0. The molecule has 1 aliphatic rings. The Bertz CT molecular complexity index is 476. The van der Waals surface area contributed by atoms with E-state index in [0.29, 0.717) is 12.8 Å². The van der Waals surface area contributed by atoms with Crippen LogP contribution >= 0.6 is 0 Å². The molecule has 0 aliphatic heterocycles. The van der Waals surface area contributed by atoms with E-state index in [1.165, 1.54) is 25.7 Å². The number of hydrogen-bond donors (Lipinski definition) is 2. The van der Waals surface area contributed by atoms with Crippen LogP contribution in [0.3, 0.4) is 0 Å². The van der Waals surface area contributed by atoms with Gasteiger partial charge in [0.1, 0.15) is 0 Å². The highest BCUT2D eigenvalue weighted by Crippen LogP contribution is 2.27. The second kappa shape index (κ2) is 11.8. The molecule has 0 bridgehead atoms. The van der Waals surface area contributed by atoms with Gasteiger partial charge in [0, 0.05) is 11.8 Å². The quantitative estimate of drug-likeness (QED) is 0.417. The van der Waals surface area contributed by atoms with E-state index in [1.54, 1.807) is 6.08 Å². The molecule has 0 aromatic heterocycles. The van der Waals surface area contributed by atoms with Crippen LogP contribution in [0.15, 0.2) is 36.5 Å². The number of aliphatic hydroxyl groups is 1. The van der Waals surface area contributed by atoms with E-state index in [1.807, 2.05) is 18.2 Å². The van der Waals surface area contributed by atoms with E-state index in [9.17, 15) is 14.7 Å². The maximum absolute atomic E-state index is 11.9. The van der Waals surface area contributed by atoms with E-state index in [-0.39, 0.29) is 24.0 Å². The molecule has 0 aromatic carbocycles. The van der Waals surface area contributed by atoms with Gasteiger partial charge in [-0.05, 0) is 38.2 Å². The Kier molecular flexibility index (Phi) is 10.0. The first kappa shape index (κ1) is 20.4. The molecule has 1 aliphatic carbocycles. The van der Waals surface area contributed by atoms with Gasteiger partial charge in [0.05, 0.1) is 0 Å². The number of ketones is 1. The summed E-state index contributed by atoms with van der Waals surface area (Å²) < 4.78 is 0. The van der Waals surface area contributed by atoms with E-state index in [4.69, 9.17) is 5.11 Å². The number of rotatable bonds is 12. The molecule has 3 atom stereocenters. The molecule has 0 saturated heterocycles. The fourth-order valence-corrected chi connectivity index (χ4v) is 2.81. The molecule has 0 spiro atoms. The minimum absolute atomic E-state index is 0.0439. The molecular formula is C20H30O4. The predicted octanol–water partition coefficient (Wildman–Crippen LogP) is 4.06. The van der Waals surface area contributed by atoms with Crippen LogP contribution in [-0.4, -0.2) is 28.1 Å². The summed E-state index contributed by atoms with van der Waals surface area (Å²) in [4.78, 5) is 22.5. The van der Waals surface area contributed by atoms with Crippen molar-refractivity contribution in [1.82, 2.24) is 0 Å². The smallest absolute Gasteiger partial charge is 0.332 e. The topological polar surface area (TPSA) is 74.6 Å². The molecule has 0 heterocycles. The minimum atomic E-state index is -1.31. The SMILES string of the molecule is CCCCCCC=C[C@H]1C=CC(=O)[C@@H]1C/C=C\CCC(O)C(=O)O. The Labute approximate surface area is 145 Å². The zero-order chi connectivity index (χ0) is 17.8. The summed E-state index contributed by atoms with van der Waals surface area (Å²) in [5.41, 5.74) is 0. The highest BCUT2D eigenvalue weighted by molar-refractivity contribution is 5.95. The highest BCUT2D eigenvalue weighted by Gasteiger charge is 2.26. The molecule has 0 saturated carbocycles. The van der Waals surface area contributed by atoms with E-state index < -0.39 is 12.1 Å². The van der Waals surface area contributed by atoms with Crippen LogP contribution < -0.4 is 0 Å². The Morgan fingerprint density at radius 3 is 2.71 bits per heavy atom. The zero-order valence-electron chi connectivity index (χ0n) is 14.6. The molecule has 0 fully saturated rings. The van der Waals surface area contributed by atoms with E-state index >= 15 is 0 Å². The number of aliphatic carboxylic acids is 1. The van der Waals surface area contributed by atoms with Crippen LogP contribution in [-0.2, 0) is 9.59 Å². The summed E-state index contributed by atoms with van der Waals surface area (Å²) >= 11 is 0. The number of carbonyl (C=O) groups is 2. The van der Waals surface area contributed by atoms with Gasteiger partial charge in [-0.2, -0.15) is 0 Å². The Hall–Kier alpha value is -1.68. The Morgan fingerprint density at radius 2 is 2.00 bits per heavy atom. The van der Waals surface area contributed by atoms with Crippen molar-refractivity contribution < 1.29 is 19.8 Å². The molecule has 0 radical (unpaired) electrons. The summed E-state index contributed by atoms with van der Waals surface area (Å²) in [5, 5.41) is 17.8. The van der Waals surface area contributed by atoms with Crippen molar-refractivity contribution >= 4 is 11.8 Å². The first-order valence-electron chi connectivity index (χ1n) is 9.00. The van der Waals surface area contributed by atoms with Crippen molar-refractivity contribution in [1.29, 1.82) is 0 Å². The second-order valence-electron chi connectivity index (χ2n) is 6.36. The molecule has 1 rings (SSSR count). The van der Waals surface area contributed by atoms with E-state index in [2.05, 4.69) is 19.1 Å². The molecule has 0 aromatic rings. The largest absolute Gasteiger partial charge is 0.479 e. The second-order valence-corrected chi connectivity index (χ2v) is 6.36. The lowest BCUT2D eigenvalue weighted by Gasteiger charge is -2.12. The first-order valence-corrected chi connectivity index (χ1v) is 9.00. The molecule has 4 nitrogen and oxygen atoms in total. The normalized spacial score (nSPS) is 22.0. The molecule has 1 unspecified atom stereocenters. The third kappa shape index (κ3) is 7.73. The fourth-order valence-electron chi connectivity index (χ4n) is 2.81. The third-order valence-electron chi connectivity index (χ3n) is 4.34. The van der Waals surface area contributed by atoms with Crippen molar-refractivity contribution in [2.75, 3.05) is 0 Å². The monoisotopic (exact) mass is 334 g/mol. The minimum Gasteiger partial charge on any atom is -0.479 e. The van der Waals surface area contributed by atoms with Crippen molar-refractivity contribution in [3.8, 4) is 0 Å². The van der Waals surface area contributed by atoms with Gasteiger partial charge in [0.15, 0.2) is 11.9 Å². The van der Waals surface area contributed by atoms with E-state index in [0.717, 1.165) is 6.42 Å². The molecular weight excluding hydrogens is 304 g/mol. The van der Waals surface area contributed by atoms with Crippen molar-refractivity contribution in [2.45, 2.75) is 64.4 Å². The average molecular weight is 334 g/mol. The van der Waals surface area contributed by atoms with Crippen molar-refractivity contribution in [3.05, 3.63) is 36.5 Å². The van der Waals surface area contributed by atoms with Crippen LogP contribution in [0.2, 0.25) is 0 Å². The van der Waals surface area contributed by atoms with Crippen molar-refractivity contribution in [3.63, 3.8) is 0 Å². The summed E-state index contributed by atoms with van der Waals surface area (Å²) in [5.74, 6) is -0.913. The van der Waals surface area contributed by atoms with Gasteiger partial charge in [0.25, 0.3) is 0 Å². The fraction of sp³-hybridized carbons (Fsp3) is 0.600. The number of hydrogen-bond acceptors (Lipinski definition) is 3. The van der Waals surface area contributed by atoms with Crippen LogP contribution in [0.5, 0.6) is 0 Å². The molecule has 0 amide bonds. The summed E-state index contributed by atoms with van der Waals surface area (Å²) in [6, 6.07) is 0. The van der Waals surface area contributed by atoms with Gasteiger partial charge in [-0.3, -0.25) is 4.79 Å². The highest BCUT2D eigenvalue weighted by atomic mass is 16.4. The molecule has 134 valence electrons. The summed E-state index contributed by atoms with van der Waals surface area (Å²) in [6.07, 6.45) is 17.8. The number of unbranched alkanes of at least 4 members (excludes halogenated alkanes) is 4. The van der Waals surface area contributed by atoms with Crippen LogP contribution in [0.1, 0.15) is 58.3 Å². The van der Waals surface area contributed by atoms with Gasteiger partial charge in [-0.15, -0.1) is 0 Å². The van der Waals surface area contributed by atoms with Crippen LogP contribution in [0.25, 0.3) is 0 Å². The van der Waals surface area contributed by atoms with Gasteiger partial charge in [0.2, 0.25) is 0 Å². The number of aliphatic hydroxyl groups excluding tert-OH is 1. The lowest BCUT2D eigenvalue weighted by atomic mass is 9.90. The lowest BCUT2D eigenvalue weighted by molar-refractivity contribution is -0.146. The third-order valence-corrected chi connectivity index (χ3v) is 4.34. The number of allylic oxidation sites excluding steroid dienone is 6. The molecule has 4 heteroatoms. The van der Waals surface area contributed by atoms with Crippen molar-refractivity contribution in [2.24, 2.45) is 11.8 Å². The zero-order valence-corrected chi connectivity index (χ0v) is 14.6. The Balaban J connectivity index is 2.32. The Morgan fingerprint density at radius 1 is 1.21 bits per heavy atom. The van der Waals surface area contributed by atoms with Gasteiger partial charge in [-0.1, -0.05) is 56.6 Å². The van der Waals surface area contributed by atoms with Gasteiger partial charge in [-0.25, -0.2) is 4.79 Å². The average Bonchev–Trinajstić information content (AvgIpc) is 2.90. The van der Waals surface area contributed by atoms with Crippen LogP contribution in [0, 0.1) is 11.8 Å².